The molecule has 0 bridgehead atoms. The molecule has 2 atom stereocenters. The van der Waals surface area contributed by atoms with Gasteiger partial charge in [0.15, 0.2) is 0 Å². The third-order valence-electron chi connectivity index (χ3n) is 4.07. The van der Waals surface area contributed by atoms with E-state index in [2.05, 4.69) is 5.32 Å². The lowest BCUT2D eigenvalue weighted by Crippen LogP contribution is -2.41. The second kappa shape index (κ2) is 5.10. The van der Waals surface area contributed by atoms with Crippen LogP contribution in [0.25, 0.3) is 0 Å². The molecular weight excluding hydrogens is 267 g/mol. The molecule has 5 heteroatoms. The maximum absolute atomic E-state index is 13.4. The van der Waals surface area contributed by atoms with E-state index in [0.717, 1.165) is 25.9 Å². The van der Waals surface area contributed by atoms with Crippen LogP contribution >= 0.6 is 11.6 Å². The summed E-state index contributed by atoms with van der Waals surface area (Å²) in [5.74, 6) is -0.187. The standard InChI is InChI=1S/C14H16ClFN2O/c15-13-10(4-1-5-11(13)16)14(19)18-7-9-3-2-6-17-12(9)8-18/h1,4-5,9,12,17H,2-3,6-8H2/t9-,12+/m0/s1. The molecule has 2 heterocycles. The van der Waals surface area contributed by atoms with Gasteiger partial charge in [-0.15, -0.1) is 0 Å². The first kappa shape index (κ1) is 12.9. The number of likely N-dealkylation sites (tertiary alicyclic amines) is 1. The lowest BCUT2D eigenvalue weighted by Gasteiger charge is -2.24. The van der Waals surface area contributed by atoms with Crippen LogP contribution in [0.3, 0.4) is 0 Å². The van der Waals surface area contributed by atoms with Gasteiger partial charge < -0.3 is 10.2 Å². The number of hydrogen-bond donors (Lipinski definition) is 1. The van der Waals surface area contributed by atoms with E-state index in [1.165, 1.54) is 12.1 Å². The molecule has 0 aliphatic carbocycles. The first-order valence-corrected chi connectivity index (χ1v) is 7.01. The van der Waals surface area contributed by atoms with Crippen LogP contribution in [0, 0.1) is 11.7 Å². The molecule has 3 nitrogen and oxygen atoms in total. The van der Waals surface area contributed by atoms with Crippen molar-refractivity contribution >= 4 is 17.5 Å². The Hall–Kier alpha value is -1.13. The van der Waals surface area contributed by atoms with E-state index in [4.69, 9.17) is 11.6 Å². The van der Waals surface area contributed by atoms with Crippen molar-refractivity contribution in [2.75, 3.05) is 19.6 Å². The smallest absolute Gasteiger partial charge is 0.255 e. The van der Waals surface area contributed by atoms with Crippen LogP contribution in [0.5, 0.6) is 0 Å². The number of halogens is 2. The summed E-state index contributed by atoms with van der Waals surface area (Å²) < 4.78 is 13.4. The average molecular weight is 283 g/mol. The summed E-state index contributed by atoms with van der Waals surface area (Å²) in [5, 5.41) is 3.37. The van der Waals surface area contributed by atoms with Crippen molar-refractivity contribution in [3.05, 3.63) is 34.6 Å². The van der Waals surface area contributed by atoms with E-state index >= 15 is 0 Å². The molecule has 2 fully saturated rings. The summed E-state index contributed by atoms with van der Waals surface area (Å²) in [7, 11) is 0. The minimum Gasteiger partial charge on any atom is -0.337 e. The van der Waals surface area contributed by atoms with E-state index in [-0.39, 0.29) is 16.5 Å². The second-order valence-electron chi connectivity index (χ2n) is 5.27. The van der Waals surface area contributed by atoms with Gasteiger partial charge in [-0.1, -0.05) is 17.7 Å². The highest BCUT2D eigenvalue weighted by atomic mass is 35.5. The normalized spacial score (nSPS) is 26.3. The van der Waals surface area contributed by atoms with Crippen molar-refractivity contribution in [3.63, 3.8) is 0 Å². The minimum absolute atomic E-state index is 0.0738. The van der Waals surface area contributed by atoms with Gasteiger partial charge in [0.05, 0.1) is 10.6 Å². The lowest BCUT2D eigenvalue weighted by molar-refractivity contribution is 0.0785. The van der Waals surface area contributed by atoms with Gasteiger partial charge in [0.1, 0.15) is 5.82 Å². The zero-order valence-corrected chi connectivity index (χ0v) is 11.3. The highest BCUT2D eigenvalue weighted by Crippen LogP contribution is 2.28. The van der Waals surface area contributed by atoms with Gasteiger partial charge in [0.25, 0.3) is 5.91 Å². The van der Waals surface area contributed by atoms with E-state index in [0.29, 0.717) is 18.5 Å². The van der Waals surface area contributed by atoms with Crippen LogP contribution in [0.1, 0.15) is 23.2 Å². The van der Waals surface area contributed by atoms with E-state index in [1.807, 2.05) is 0 Å². The molecule has 0 unspecified atom stereocenters. The van der Waals surface area contributed by atoms with Crippen LogP contribution in [0.4, 0.5) is 4.39 Å². The Kier molecular flexibility index (Phi) is 3.46. The van der Waals surface area contributed by atoms with Gasteiger partial charge >= 0.3 is 0 Å². The van der Waals surface area contributed by atoms with Gasteiger partial charge in [-0.3, -0.25) is 4.79 Å². The summed E-state index contributed by atoms with van der Waals surface area (Å²) >= 11 is 5.88. The van der Waals surface area contributed by atoms with Crippen molar-refractivity contribution in [2.24, 2.45) is 5.92 Å². The largest absolute Gasteiger partial charge is 0.337 e. The zero-order chi connectivity index (χ0) is 13.4. The van der Waals surface area contributed by atoms with E-state index in [9.17, 15) is 9.18 Å². The van der Waals surface area contributed by atoms with Gasteiger partial charge in [0, 0.05) is 19.1 Å². The Morgan fingerprint density at radius 3 is 3.05 bits per heavy atom. The molecular formula is C14H16ClFN2O. The molecule has 0 spiro atoms. The molecule has 1 amide bonds. The van der Waals surface area contributed by atoms with Crippen molar-refractivity contribution < 1.29 is 9.18 Å². The summed E-state index contributed by atoms with van der Waals surface area (Å²) in [6, 6.07) is 4.76. The van der Waals surface area contributed by atoms with Gasteiger partial charge in [-0.25, -0.2) is 4.39 Å². The van der Waals surface area contributed by atoms with Crippen LogP contribution in [-0.2, 0) is 0 Å². The number of hydrogen-bond acceptors (Lipinski definition) is 2. The summed E-state index contributed by atoms with van der Waals surface area (Å²) in [6.45, 7) is 2.45. The number of nitrogens with one attached hydrogen (secondary N) is 1. The lowest BCUT2D eigenvalue weighted by atomic mass is 9.94. The van der Waals surface area contributed by atoms with Gasteiger partial charge in [-0.05, 0) is 37.4 Å². The number of nitrogens with zero attached hydrogens (tertiary/aromatic N) is 1. The topological polar surface area (TPSA) is 32.3 Å². The Labute approximate surface area is 116 Å². The Bertz CT molecular complexity index is 494. The first-order chi connectivity index (χ1) is 9.16. The predicted molar refractivity (Wildman–Crippen MR) is 71.8 cm³/mol. The number of carbonyl (C=O) groups is 1. The fraction of sp³-hybridized carbons (Fsp3) is 0.500. The molecule has 1 N–H and O–H groups in total. The molecule has 0 saturated carbocycles. The molecule has 2 aliphatic heterocycles. The maximum Gasteiger partial charge on any atom is 0.255 e. The van der Waals surface area contributed by atoms with Crippen LogP contribution in [0.15, 0.2) is 18.2 Å². The van der Waals surface area contributed by atoms with Crippen LogP contribution in [0.2, 0.25) is 5.02 Å². The third-order valence-corrected chi connectivity index (χ3v) is 4.45. The molecule has 0 aromatic heterocycles. The molecule has 2 aliphatic rings. The summed E-state index contributed by atoms with van der Waals surface area (Å²) in [5.41, 5.74) is 0.264. The highest BCUT2D eigenvalue weighted by molar-refractivity contribution is 6.34. The third kappa shape index (κ3) is 2.35. The molecule has 19 heavy (non-hydrogen) atoms. The average Bonchev–Trinajstić information content (AvgIpc) is 2.85. The Morgan fingerprint density at radius 2 is 2.26 bits per heavy atom. The number of carbonyl (C=O) groups excluding carboxylic acids is 1. The minimum atomic E-state index is -0.540. The molecule has 0 radical (unpaired) electrons. The number of piperidine rings is 1. The fourth-order valence-electron chi connectivity index (χ4n) is 3.05. The van der Waals surface area contributed by atoms with Crippen molar-refractivity contribution in [2.45, 2.75) is 18.9 Å². The summed E-state index contributed by atoms with van der Waals surface area (Å²) in [6.07, 6.45) is 2.31. The van der Waals surface area contributed by atoms with Crippen LogP contribution < -0.4 is 5.32 Å². The number of benzene rings is 1. The second-order valence-corrected chi connectivity index (χ2v) is 5.65. The molecule has 1 aromatic carbocycles. The molecule has 102 valence electrons. The quantitative estimate of drug-likeness (QED) is 0.857. The maximum atomic E-state index is 13.4. The predicted octanol–water partition coefficient (Wildman–Crippen LogP) is 2.30. The SMILES string of the molecule is O=C(c1cccc(F)c1Cl)N1C[C@@H]2CCCN[C@@H]2C1. The van der Waals surface area contributed by atoms with Crippen LogP contribution in [-0.4, -0.2) is 36.5 Å². The summed E-state index contributed by atoms with van der Waals surface area (Å²) in [4.78, 5) is 14.2. The van der Waals surface area contributed by atoms with Crippen molar-refractivity contribution in [1.29, 1.82) is 0 Å². The number of fused-ring (bicyclic) bond motifs is 1. The first-order valence-electron chi connectivity index (χ1n) is 6.63. The van der Waals surface area contributed by atoms with Gasteiger partial charge in [0.2, 0.25) is 0 Å². The van der Waals surface area contributed by atoms with Crippen molar-refractivity contribution in [1.82, 2.24) is 10.2 Å². The monoisotopic (exact) mass is 282 g/mol. The fourth-order valence-corrected chi connectivity index (χ4v) is 3.26. The van der Waals surface area contributed by atoms with E-state index < -0.39 is 5.82 Å². The Balaban J connectivity index is 1.79. The van der Waals surface area contributed by atoms with Gasteiger partial charge in [-0.2, -0.15) is 0 Å². The number of rotatable bonds is 1. The van der Waals surface area contributed by atoms with Crippen molar-refractivity contribution in [3.8, 4) is 0 Å². The number of amides is 1. The molecule has 3 rings (SSSR count). The molecule has 1 aromatic rings. The Morgan fingerprint density at radius 1 is 1.42 bits per heavy atom. The highest BCUT2D eigenvalue weighted by Gasteiger charge is 2.37. The van der Waals surface area contributed by atoms with E-state index in [1.54, 1.807) is 11.0 Å². The zero-order valence-electron chi connectivity index (χ0n) is 10.5. The molecule has 2 saturated heterocycles.